The number of nitrogens with zero attached hydrogens (tertiary/aromatic N) is 3. The summed E-state index contributed by atoms with van der Waals surface area (Å²) in [5.74, 6) is -0.446. The van der Waals surface area contributed by atoms with Gasteiger partial charge in [0, 0.05) is 37.7 Å². The van der Waals surface area contributed by atoms with E-state index in [1.54, 1.807) is 18.3 Å². The second-order valence-electron chi connectivity index (χ2n) is 7.70. The van der Waals surface area contributed by atoms with E-state index in [4.69, 9.17) is 0 Å². The quantitative estimate of drug-likeness (QED) is 0.630. The molecule has 3 N–H and O–H groups in total. The first kappa shape index (κ1) is 20.3. The molecule has 0 bridgehead atoms. The lowest BCUT2D eigenvalue weighted by Crippen LogP contribution is -2.45. The number of H-pyrrole nitrogens is 1. The number of likely N-dealkylation sites (N-methyl/N-ethyl adjacent to an activating group) is 1. The third-order valence-corrected chi connectivity index (χ3v) is 5.29. The number of rotatable bonds is 8. The third-order valence-electron chi connectivity index (χ3n) is 5.29. The van der Waals surface area contributed by atoms with Gasteiger partial charge in [-0.3, -0.25) is 19.2 Å². The molecule has 8 nitrogen and oxygen atoms in total. The number of aromatic nitrogens is 3. The van der Waals surface area contributed by atoms with Crippen LogP contribution < -0.4 is 10.9 Å². The van der Waals surface area contributed by atoms with Gasteiger partial charge in [-0.1, -0.05) is 19.3 Å². The second-order valence-corrected chi connectivity index (χ2v) is 7.70. The Morgan fingerprint density at radius 3 is 2.82 bits per heavy atom. The number of carbonyl (C=O) groups is 1. The number of aliphatic hydroxyl groups is 1. The number of pyridine rings is 1. The first-order valence-electron chi connectivity index (χ1n) is 9.84. The van der Waals surface area contributed by atoms with Crippen LogP contribution in [0.5, 0.6) is 0 Å². The van der Waals surface area contributed by atoms with Crippen LogP contribution in [0.2, 0.25) is 0 Å². The summed E-state index contributed by atoms with van der Waals surface area (Å²) in [7, 11) is 1.97. The monoisotopic (exact) mass is 387 g/mol. The summed E-state index contributed by atoms with van der Waals surface area (Å²) in [6, 6.07) is 5.19. The Bertz CT molecular complexity index is 825. The largest absolute Gasteiger partial charge is 0.388 e. The lowest BCUT2D eigenvalue weighted by atomic mass is 9.85. The molecule has 8 heteroatoms. The Labute approximate surface area is 164 Å². The molecule has 0 unspecified atom stereocenters. The molecule has 152 valence electrons. The average Bonchev–Trinajstić information content (AvgIpc) is 3.19. The summed E-state index contributed by atoms with van der Waals surface area (Å²) in [6.45, 7) is 2.29. The maximum Gasteiger partial charge on any atom is 0.261 e. The summed E-state index contributed by atoms with van der Waals surface area (Å²) in [6.07, 6.45) is 8.08. The van der Waals surface area contributed by atoms with Crippen molar-refractivity contribution in [2.75, 3.05) is 20.1 Å². The predicted molar refractivity (Wildman–Crippen MR) is 106 cm³/mol. The summed E-state index contributed by atoms with van der Waals surface area (Å²) < 4.78 is 1.85. The van der Waals surface area contributed by atoms with Crippen molar-refractivity contribution < 1.29 is 9.90 Å². The Kier molecular flexibility index (Phi) is 6.64. The second kappa shape index (κ2) is 9.16. The summed E-state index contributed by atoms with van der Waals surface area (Å²) >= 11 is 0. The zero-order valence-electron chi connectivity index (χ0n) is 16.4. The Morgan fingerprint density at radius 1 is 1.36 bits per heavy atom. The molecule has 0 aromatic carbocycles. The zero-order valence-corrected chi connectivity index (χ0v) is 16.4. The van der Waals surface area contributed by atoms with Gasteiger partial charge < -0.3 is 15.4 Å². The van der Waals surface area contributed by atoms with Crippen LogP contribution in [0.25, 0.3) is 0 Å². The Morgan fingerprint density at radius 2 is 2.14 bits per heavy atom. The molecular weight excluding hydrogens is 358 g/mol. The number of nitrogens with one attached hydrogen (secondary N) is 2. The van der Waals surface area contributed by atoms with Gasteiger partial charge in [-0.2, -0.15) is 5.10 Å². The number of amides is 1. The van der Waals surface area contributed by atoms with Crippen LogP contribution in [0.4, 0.5) is 0 Å². The van der Waals surface area contributed by atoms with E-state index in [9.17, 15) is 14.7 Å². The standard InChI is InChI=1S/C20H29N5O3/c1-24(12-13-25-11-5-10-22-25)14-16-6-7-17(19(27)23-16)18(26)21-15-20(28)8-3-2-4-9-20/h5-7,10-11,28H,2-4,8-9,12-15H2,1H3,(H,21,26)(H,23,27). The van der Waals surface area contributed by atoms with E-state index in [-0.39, 0.29) is 12.1 Å². The minimum Gasteiger partial charge on any atom is -0.388 e. The van der Waals surface area contributed by atoms with Gasteiger partial charge in [-0.15, -0.1) is 0 Å². The molecule has 0 saturated heterocycles. The fourth-order valence-electron chi connectivity index (χ4n) is 3.59. The molecule has 1 amide bonds. The van der Waals surface area contributed by atoms with Crippen molar-refractivity contribution in [3.8, 4) is 0 Å². The van der Waals surface area contributed by atoms with Crippen LogP contribution in [0, 0.1) is 0 Å². The molecule has 0 spiro atoms. The van der Waals surface area contributed by atoms with E-state index in [1.165, 1.54) is 0 Å². The lowest BCUT2D eigenvalue weighted by molar-refractivity contribution is 0.00524. The summed E-state index contributed by atoms with van der Waals surface area (Å²) in [5.41, 5.74) is -0.443. The number of aromatic amines is 1. The summed E-state index contributed by atoms with van der Waals surface area (Å²) in [5, 5.41) is 17.4. The van der Waals surface area contributed by atoms with E-state index in [0.29, 0.717) is 19.4 Å². The third kappa shape index (κ3) is 5.53. The molecule has 3 rings (SSSR count). The molecule has 1 aliphatic rings. The van der Waals surface area contributed by atoms with E-state index in [1.807, 2.05) is 24.0 Å². The number of carbonyl (C=O) groups excluding carboxylic acids is 1. The zero-order chi connectivity index (χ0) is 20.0. The van der Waals surface area contributed by atoms with Crippen molar-refractivity contribution >= 4 is 5.91 Å². The molecule has 28 heavy (non-hydrogen) atoms. The molecule has 2 heterocycles. The van der Waals surface area contributed by atoms with Crippen molar-refractivity contribution in [1.82, 2.24) is 25.0 Å². The normalized spacial score (nSPS) is 16.2. The average molecular weight is 387 g/mol. The first-order chi connectivity index (χ1) is 13.5. The summed E-state index contributed by atoms with van der Waals surface area (Å²) in [4.78, 5) is 29.5. The van der Waals surface area contributed by atoms with Crippen LogP contribution in [-0.2, 0) is 13.1 Å². The van der Waals surface area contributed by atoms with Gasteiger partial charge in [0.05, 0.1) is 12.1 Å². The van der Waals surface area contributed by atoms with Crippen molar-refractivity contribution in [2.24, 2.45) is 0 Å². The van der Waals surface area contributed by atoms with Crippen LogP contribution in [-0.4, -0.2) is 56.4 Å². The lowest BCUT2D eigenvalue weighted by Gasteiger charge is -2.32. The topological polar surface area (TPSA) is 103 Å². The minimum absolute atomic E-state index is 0.0716. The van der Waals surface area contributed by atoms with E-state index < -0.39 is 17.1 Å². The van der Waals surface area contributed by atoms with Gasteiger partial charge in [0.2, 0.25) is 0 Å². The van der Waals surface area contributed by atoms with Crippen molar-refractivity contribution in [2.45, 2.75) is 50.8 Å². The maximum absolute atomic E-state index is 12.4. The fourth-order valence-corrected chi connectivity index (χ4v) is 3.59. The Balaban J connectivity index is 1.52. The number of hydrogen-bond acceptors (Lipinski definition) is 5. The highest BCUT2D eigenvalue weighted by molar-refractivity contribution is 5.93. The van der Waals surface area contributed by atoms with Crippen molar-refractivity contribution in [3.63, 3.8) is 0 Å². The molecular formula is C20H29N5O3. The maximum atomic E-state index is 12.4. The van der Waals surface area contributed by atoms with E-state index in [0.717, 1.165) is 38.0 Å². The van der Waals surface area contributed by atoms with Gasteiger partial charge in [0.15, 0.2) is 0 Å². The van der Waals surface area contributed by atoms with Crippen LogP contribution in [0.15, 0.2) is 35.4 Å². The molecule has 0 radical (unpaired) electrons. The van der Waals surface area contributed by atoms with E-state index in [2.05, 4.69) is 20.3 Å². The number of hydrogen-bond donors (Lipinski definition) is 3. The van der Waals surface area contributed by atoms with Gasteiger partial charge in [-0.25, -0.2) is 0 Å². The molecule has 0 aliphatic heterocycles. The molecule has 2 aromatic heterocycles. The first-order valence-corrected chi connectivity index (χ1v) is 9.84. The predicted octanol–water partition coefficient (Wildman–Crippen LogP) is 1.13. The van der Waals surface area contributed by atoms with Crippen molar-refractivity contribution in [3.05, 3.63) is 52.2 Å². The molecule has 1 aliphatic carbocycles. The van der Waals surface area contributed by atoms with Gasteiger partial charge in [-0.05, 0) is 38.1 Å². The highest BCUT2D eigenvalue weighted by Crippen LogP contribution is 2.27. The minimum atomic E-state index is -0.849. The van der Waals surface area contributed by atoms with Crippen LogP contribution >= 0.6 is 0 Å². The van der Waals surface area contributed by atoms with Crippen molar-refractivity contribution in [1.29, 1.82) is 0 Å². The molecule has 2 aromatic rings. The van der Waals surface area contributed by atoms with Gasteiger partial charge in [0.25, 0.3) is 11.5 Å². The SMILES string of the molecule is CN(CCn1cccn1)Cc1ccc(C(=O)NCC2(O)CCCCC2)c(=O)[nH]1. The molecule has 1 saturated carbocycles. The molecule has 0 atom stereocenters. The highest BCUT2D eigenvalue weighted by Gasteiger charge is 2.29. The smallest absolute Gasteiger partial charge is 0.261 e. The van der Waals surface area contributed by atoms with Gasteiger partial charge >= 0.3 is 0 Å². The van der Waals surface area contributed by atoms with Crippen LogP contribution in [0.1, 0.15) is 48.2 Å². The fraction of sp³-hybridized carbons (Fsp3) is 0.550. The van der Waals surface area contributed by atoms with Crippen LogP contribution in [0.3, 0.4) is 0 Å². The van der Waals surface area contributed by atoms with Gasteiger partial charge in [0.1, 0.15) is 5.56 Å². The Hall–Kier alpha value is -2.45. The highest BCUT2D eigenvalue weighted by atomic mass is 16.3. The molecule has 1 fully saturated rings. The van der Waals surface area contributed by atoms with E-state index >= 15 is 0 Å².